The maximum Gasteiger partial charge on any atom is 0.232 e. The van der Waals surface area contributed by atoms with E-state index in [0.29, 0.717) is 0 Å². The molecule has 0 radical (unpaired) electrons. The second-order valence-corrected chi connectivity index (χ2v) is 5.55. The molecule has 96 valence electrons. The van der Waals surface area contributed by atoms with Gasteiger partial charge < -0.3 is 9.84 Å². The third kappa shape index (κ3) is 2.86. The highest BCUT2D eigenvalue weighted by Crippen LogP contribution is 2.27. The van der Waals surface area contributed by atoms with Crippen LogP contribution in [-0.4, -0.2) is 16.7 Å². The van der Waals surface area contributed by atoms with Crippen LogP contribution in [0.2, 0.25) is 0 Å². The summed E-state index contributed by atoms with van der Waals surface area (Å²) in [6, 6.07) is 0.280. The smallest absolute Gasteiger partial charge is 0.232 e. The predicted octanol–water partition coefficient (Wildman–Crippen LogP) is 2.96. The molecule has 1 aromatic rings. The molecule has 2 heterocycles. The number of hydrogen-bond donors (Lipinski definition) is 1. The topological polar surface area (TPSA) is 51.0 Å². The van der Waals surface area contributed by atoms with E-state index in [2.05, 4.69) is 36.2 Å². The Hall–Kier alpha value is -0.900. The fraction of sp³-hybridized carbons (Fsp3) is 0.846. The van der Waals surface area contributed by atoms with Crippen LogP contribution in [0.5, 0.6) is 0 Å². The number of aromatic nitrogens is 2. The van der Waals surface area contributed by atoms with Crippen LogP contribution in [0.4, 0.5) is 0 Å². The molecule has 0 bridgehead atoms. The maximum absolute atomic E-state index is 5.41. The molecule has 1 aromatic heterocycles. The Bertz CT molecular complexity index is 351. The van der Waals surface area contributed by atoms with Crippen LogP contribution >= 0.6 is 0 Å². The number of nitrogens with one attached hydrogen (secondary N) is 1. The first-order chi connectivity index (χ1) is 8.13. The summed E-state index contributed by atoms with van der Waals surface area (Å²) in [6.07, 6.45) is 5.92. The Morgan fingerprint density at radius 1 is 1.35 bits per heavy atom. The lowest BCUT2D eigenvalue weighted by atomic mass is 9.90. The van der Waals surface area contributed by atoms with Crippen LogP contribution in [0.15, 0.2) is 4.52 Å². The van der Waals surface area contributed by atoms with Gasteiger partial charge in [0.15, 0.2) is 5.82 Å². The molecule has 4 heteroatoms. The summed E-state index contributed by atoms with van der Waals surface area (Å²) in [7, 11) is 0. The van der Waals surface area contributed by atoms with Gasteiger partial charge in [-0.25, -0.2) is 0 Å². The molecule has 17 heavy (non-hydrogen) atoms. The lowest BCUT2D eigenvalue weighted by molar-refractivity contribution is 0.297. The summed E-state index contributed by atoms with van der Waals surface area (Å²) < 4.78 is 5.41. The van der Waals surface area contributed by atoms with E-state index in [0.717, 1.165) is 31.1 Å². The molecule has 1 N–H and O–H groups in total. The summed E-state index contributed by atoms with van der Waals surface area (Å²) in [5.41, 5.74) is -0.0179. The van der Waals surface area contributed by atoms with Crippen LogP contribution < -0.4 is 5.32 Å². The van der Waals surface area contributed by atoms with Crippen molar-refractivity contribution in [3.05, 3.63) is 11.7 Å². The quantitative estimate of drug-likeness (QED) is 0.878. The Labute approximate surface area is 103 Å². The van der Waals surface area contributed by atoms with Gasteiger partial charge >= 0.3 is 0 Å². The van der Waals surface area contributed by atoms with Gasteiger partial charge in [0.2, 0.25) is 5.89 Å². The van der Waals surface area contributed by atoms with E-state index in [-0.39, 0.29) is 11.5 Å². The van der Waals surface area contributed by atoms with Crippen LogP contribution in [-0.2, 0) is 5.41 Å². The van der Waals surface area contributed by atoms with Gasteiger partial charge in [-0.05, 0) is 25.8 Å². The molecule has 0 saturated carbocycles. The van der Waals surface area contributed by atoms with E-state index in [9.17, 15) is 0 Å². The van der Waals surface area contributed by atoms with Crippen molar-refractivity contribution in [1.29, 1.82) is 0 Å². The summed E-state index contributed by atoms with van der Waals surface area (Å²) in [6.45, 7) is 7.50. The SMILES string of the molecule is CCC(C)(C)c1nc(C2CCCCCN2)no1. The second-order valence-electron chi connectivity index (χ2n) is 5.55. The molecule has 1 saturated heterocycles. The molecule has 1 fully saturated rings. The molecule has 0 aromatic carbocycles. The fourth-order valence-electron chi connectivity index (χ4n) is 2.05. The van der Waals surface area contributed by atoms with E-state index in [1.165, 1.54) is 19.3 Å². The lowest BCUT2D eigenvalue weighted by Gasteiger charge is -2.16. The number of rotatable bonds is 3. The van der Waals surface area contributed by atoms with Crippen molar-refractivity contribution < 1.29 is 4.52 Å². The predicted molar refractivity (Wildman–Crippen MR) is 66.8 cm³/mol. The van der Waals surface area contributed by atoms with Gasteiger partial charge in [0, 0.05) is 5.41 Å². The van der Waals surface area contributed by atoms with Gasteiger partial charge in [-0.2, -0.15) is 4.98 Å². The van der Waals surface area contributed by atoms with Crippen LogP contribution in [0.1, 0.15) is 70.6 Å². The first-order valence-electron chi connectivity index (χ1n) is 6.71. The Kier molecular flexibility index (Phi) is 3.82. The minimum absolute atomic E-state index is 0.0179. The normalized spacial score (nSPS) is 22.4. The summed E-state index contributed by atoms with van der Waals surface area (Å²) in [4.78, 5) is 4.58. The van der Waals surface area contributed by atoms with Crippen LogP contribution in [0.25, 0.3) is 0 Å². The maximum atomic E-state index is 5.41. The van der Waals surface area contributed by atoms with Crippen molar-refractivity contribution in [3.8, 4) is 0 Å². The van der Waals surface area contributed by atoms with Crippen molar-refractivity contribution in [2.24, 2.45) is 0 Å². The zero-order valence-corrected chi connectivity index (χ0v) is 11.1. The molecular weight excluding hydrogens is 214 g/mol. The molecule has 2 rings (SSSR count). The number of nitrogens with zero attached hydrogens (tertiary/aromatic N) is 2. The summed E-state index contributed by atoms with van der Waals surface area (Å²) >= 11 is 0. The highest BCUT2D eigenvalue weighted by atomic mass is 16.5. The van der Waals surface area contributed by atoms with Gasteiger partial charge in [-0.1, -0.05) is 38.8 Å². The van der Waals surface area contributed by atoms with E-state index >= 15 is 0 Å². The molecule has 0 spiro atoms. The second kappa shape index (κ2) is 5.17. The van der Waals surface area contributed by atoms with E-state index < -0.39 is 0 Å². The molecular formula is C13H23N3O. The highest BCUT2D eigenvalue weighted by molar-refractivity contribution is 5.03. The van der Waals surface area contributed by atoms with Gasteiger partial charge in [0.05, 0.1) is 6.04 Å². The minimum atomic E-state index is -0.0179. The van der Waals surface area contributed by atoms with Crippen molar-refractivity contribution in [1.82, 2.24) is 15.5 Å². The third-order valence-electron chi connectivity index (χ3n) is 3.78. The zero-order valence-electron chi connectivity index (χ0n) is 11.1. The Morgan fingerprint density at radius 3 is 2.94 bits per heavy atom. The molecule has 4 nitrogen and oxygen atoms in total. The minimum Gasteiger partial charge on any atom is -0.339 e. The molecule has 1 atom stereocenters. The number of hydrogen-bond acceptors (Lipinski definition) is 4. The third-order valence-corrected chi connectivity index (χ3v) is 3.78. The van der Waals surface area contributed by atoms with Crippen molar-refractivity contribution in [2.45, 2.75) is 64.3 Å². The van der Waals surface area contributed by atoms with Gasteiger partial charge in [-0.3, -0.25) is 0 Å². The fourth-order valence-corrected chi connectivity index (χ4v) is 2.05. The van der Waals surface area contributed by atoms with E-state index in [4.69, 9.17) is 4.52 Å². The Morgan fingerprint density at radius 2 is 2.18 bits per heavy atom. The molecule has 0 amide bonds. The monoisotopic (exact) mass is 237 g/mol. The molecule has 1 unspecified atom stereocenters. The highest BCUT2D eigenvalue weighted by Gasteiger charge is 2.27. The van der Waals surface area contributed by atoms with Crippen molar-refractivity contribution >= 4 is 0 Å². The van der Waals surface area contributed by atoms with E-state index in [1.807, 2.05) is 0 Å². The van der Waals surface area contributed by atoms with Crippen molar-refractivity contribution in [3.63, 3.8) is 0 Å². The lowest BCUT2D eigenvalue weighted by Crippen LogP contribution is -2.22. The summed E-state index contributed by atoms with van der Waals surface area (Å²) in [5, 5.41) is 7.64. The largest absolute Gasteiger partial charge is 0.339 e. The standard InChI is InChI=1S/C13H23N3O/c1-4-13(2,3)12-15-11(16-17-12)10-8-6-5-7-9-14-10/h10,14H,4-9H2,1-3H3. The average molecular weight is 237 g/mol. The van der Waals surface area contributed by atoms with Crippen molar-refractivity contribution in [2.75, 3.05) is 6.54 Å². The van der Waals surface area contributed by atoms with Gasteiger partial charge in [0.1, 0.15) is 0 Å². The summed E-state index contributed by atoms with van der Waals surface area (Å²) in [5.74, 6) is 1.60. The molecule has 0 aliphatic carbocycles. The first kappa shape index (κ1) is 12.6. The molecule has 1 aliphatic rings. The Balaban J connectivity index is 2.11. The zero-order chi connectivity index (χ0) is 12.3. The van der Waals surface area contributed by atoms with Crippen LogP contribution in [0, 0.1) is 0 Å². The van der Waals surface area contributed by atoms with Crippen LogP contribution in [0.3, 0.4) is 0 Å². The molecule has 1 aliphatic heterocycles. The average Bonchev–Trinajstić information content (AvgIpc) is 2.67. The van der Waals surface area contributed by atoms with Gasteiger partial charge in [0.25, 0.3) is 0 Å². The first-order valence-corrected chi connectivity index (χ1v) is 6.71. The van der Waals surface area contributed by atoms with Gasteiger partial charge in [-0.15, -0.1) is 0 Å². The van der Waals surface area contributed by atoms with E-state index in [1.54, 1.807) is 0 Å².